The van der Waals surface area contributed by atoms with Crippen LogP contribution in [-0.4, -0.2) is 65.8 Å². The lowest BCUT2D eigenvalue weighted by atomic mass is 9.99. The van der Waals surface area contributed by atoms with E-state index in [2.05, 4.69) is 0 Å². The second-order valence-corrected chi connectivity index (χ2v) is 6.34. The highest BCUT2D eigenvalue weighted by Gasteiger charge is 2.42. The topological polar surface area (TPSA) is 60.9 Å². The predicted molar refractivity (Wildman–Crippen MR) is 89.9 cm³/mol. The van der Waals surface area contributed by atoms with Gasteiger partial charge in [0.2, 0.25) is 5.91 Å². The molecule has 1 atom stereocenters. The summed E-state index contributed by atoms with van der Waals surface area (Å²) in [6.45, 7) is 0.983. The van der Waals surface area contributed by atoms with Crippen LogP contribution in [0.2, 0.25) is 0 Å². The molecule has 0 spiro atoms. The fourth-order valence-electron chi connectivity index (χ4n) is 3.19. The predicted octanol–water partition coefficient (Wildman–Crippen LogP) is 1.72. The van der Waals surface area contributed by atoms with Gasteiger partial charge >= 0.3 is 6.03 Å². The summed E-state index contributed by atoms with van der Waals surface area (Å²) in [5.41, 5.74) is 2.03. The number of rotatable bonds is 3. The Labute approximate surface area is 145 Å². The number of imide groups is 1. The van der Waals surface area contributed by atoms with Crippen LogP contribution in [0, 0.1) is 5.82 Å². The number of hydrogen-bond donors (Lipinski definition) is 0. The second kappa shape index (κ2) is 6.66. The lowest BCUT2D eigenvalue weighted by molar-refractivity contribution is -0.136. The number of halogens is 1. The van der Waals surface area contributed by atoms with E-state index in [0.29, 0.717) is 19.5 Å². The van der Waals surface area contributed by atoms with Crippen LogP contribution in [0.15, 0.2) is 30.3 Å². The van der Waals surface area contributed by atoms with Gasteiger partial charge < -0.3 is 9.80 Å². The largest absolute Gasteiger partial charge is 0.339 e. The fraction of sp³-hybridized carbons (Fsp3) is 0.389. The third-order valence-electron chi connectivity index (χ3n) is 4.82. The van der Waals surface area contributed by atoms with Gasteiger partial charge in [0.05, 0.1) is 6.42 Å². The number of nitrogens with zero attached hydrogens (tertiary/aromatic N) is 3. The maximum atomic E-state index is 13.0. The van der Waals surface area contributed by atoms with Crippen molar-refractivity contribution in [3.63, 3.8) is 0 Å². The first-order valence-corrected chi connectivity index (χ1v) is 8.15. The van der Waals surface area contributed by atoms with Crippen LogP contribution in [0.5, 0.6) is 0 Å². The SMILES string of the molecule is CN1C(=O)[C@@H](CC(=O)N2CC=C(c3ccc(F)cc3)CC2)N(C)C1=O. The number of carbonyl (C=O) groups excluding carboxylic acids is 3. The van der Waals surface area contributed by atoms with Gasteiger partial charge in [0.1, 0.15) is 11.9 Å². The maximum Gasteiger partial charge on any atom is 0.326 e. The third-order valence-corrected chi connectivity index (χ3v) is 4.82. The smallest absolute Gasteiger partial charge is 0.326 e. The highest BCUT2D eigenvalue weighted by Crippen LogP contribution is 2.24. The van der Waals surface area contributed by atoms with Crippen LogP contribution in [0.4, 0.5) is 9.18 Å². The molecule has 1 aromatic carbocycles. The molecule has 3 rings (SSSR count). The molecule has 1 fully saturated rings. The van der Waals surface area contributed by atoms with Gasteiger partial charge in [-0.1, -0.05) is 18.2 Å². The number of carbonyl (C=O) groups is 3. The highest BCUT2D eigenvalue weighted by molar-refractivity contribution is 6.05. The molecule has 0 aliphatic carbocycles. The van der Waals surface area contributed by atoms with E-state index in [1.54, 1.807) is 17.0 Å². The first kappa shape index (κ1) is 17.1. The summed E-state index contributed by atoms with van der Waals surface area (Å²) < 4.78 is 13.0. The van der Waals surface area contributed by atoms with Gasteiger partial charge in [-0.05, 0) is 29.7 Å². The van der Waals surface area contributed by atoms with E-state index in [1.807, 2.05) is 6.08 Å². The van der Waals surface area contributed by atoms with Gasteiger partial charge in [-0.25, -0.2) is 9.18 Å². The summed E-state index contributed by atoms with van der Waals surface area (Å²) >= 11 is 0. The van der Waals surface area contributed by atoms with Gasteiger partial charge in [-0.2, -0.15) is 0 Å². The molecule has 0 N–H and O–H groups in total. The molecule has 1 saturated heterocycles. The first-order chi connectivity index (χ1) is 11.9. The molecule has 2 aliphatic rings. The minimum Gasteiger partial charge on any atom is -0.339 e. The van der Waals surface area contributed by atoms with E-state index < -0.39 is 6.04 Å². The molecular weight excluding hydrogens is 325 g/mol. The van der Waals surface area contributed by atoms with Crippen LogP contribution in [0.3, 0.4) is 0 Å². The van der Waals surface area contributed by atoms with Crippen LogP contribution in [0.1, 0.15) is 18.4 Å². The highest BCUT2D eigenvalue weighted by atomic mass is 19.1. The van der Waals surface area contributed by atoms with Gasteiger partial charge in [-0.3, -0.25) is 14.5 Å². The number of benzene rings is 1. The lowest BCUT2D eigenvalue weighted by Crippen LogP contribution is -2.41. The van der Waals surface area contributed by atoms with E-state index in [9.17, 15) is 18.8 Å². The molecule has 25 heavy (non-hydrogen) atoms. The van der Waals surface area contributed by atoms with Crippen LogP contribution in [-0.2, 0) is 9.59 Å². The molecule has 2 aliphatic heterocycles. The van der Waals surface area contributed by atoms with E-state index in [4.69, 9.17) is 0 Å². The number of hydrogen-bond acceptors (Lipinski definition) is 3. The minimum absolute atomic E-state index is 0.00879. The Morgan fingerprint density at radius 2 is 1.88 bits per heavy atom. The van der Waals surface area contributed by atoms with Crippen molar-refractivity contribution in [2.45, 2.75) is 18.9 Å². The quantitative estimate of drug-likeness (QED) is 0.784. The zero-order chi connectivity index (χ0) is 18.1. The number of amides is 4. The molecule has 2 heterocycles. The Bertz CT molecular complexity index is 744. The summed E-state index contributed by atoms with van der Waals surface area (Å²) in [6, 6.07) is 5.18. The molecule has 0 bridgehead atoms. The second-order valence-electron chi connectivity index (χ2n) is 6.34. The average molecular weight is 345 g/mol. The molecule has 0 aromatic heterocycles. The zero-order valence-electron chi connectivity index (χ0n) is 14.2. The zero-order valence-corrected chi connectivity index (χ0v) is 14.2. The van der Waals surface area contributed by atoms with Crippen molar-refractivity contribution in [3.05, 3.63) is 41.7 Å². The molecule has 1 aromatic rings. The monoisotopic (exact) mass is 345 g/mol. The van der Waals surface area contributed by atoms with Crippen molar-refractivity contribution in [2.75, 3.05) is 27.2 Å². The molecule has 7 heteroatoms. The Kier molecular flexibility index (Phi) is 4.57. The third kappa shape index (κ3) is 3.26. The fourth-order valence-corrected chi connectivity index (χ4v) is 3.19. The van der Waals surface area contributed by atoms with Crippen molar-refractivity contribution in [1.29, 1.82) is 0 Å². The molecule has 0 saturated carbocycles. The number of urea groups is 1. The van der Waals surface area contributed by atoms with Crippen molar-refractivity contribution < 1.29 is 18.8 Å². The summed E-state index contributed by atoms with van der Waals surface area (Å²) in [6.07, 6.45) is 2.61. The van der Waals surface area contributed by atoms with Gasteiger partial charge in [0.25, 0.3) is 5.91 Å². The average Bonchev–Trinajstić information content (AvgIpc) is 2.80. The van der Waals surface area contributed by atoms with Crippen molar-refractivity contribution >= 4 is 23.4 Å². The van der Waals surface area contributed by atoms with Crippen molar-refractivity contribution in [3.8, 4) is 0 Å². The standard InChI is InChI=1S/C18H20FN3O3/c1-20-15(17(24)21(2)18(20)25)11-16(23)22-9-7-13(8-10-22)12-3-5-14(19)6-4-12/h3-7,15H,8-11H2,1-2H3/t15-/m1/s1. The molecule has 6 nitrogen and oxygen atoms in total. The molecule has 0 radical (unpaired) electrons. The molecule has 0 unspecified atom stereocenters. The van der Waals surface area contributed by atoms with Crippen LogP contribution < -0.4 is 0 Å². The Balaban J connectivity index is 1.63. The van der Waals surface area contributed by atoms with Crippen molar-refractivity contribution in [2.24, 2.45) is 0 Å². The van der Waals surface area contributed by atoms with E-state index >= 15 is 0 Å². The van der Waals surface area contributed by atoms with Gasteiger partial charge in [-0.15, -0.1) is 0 Å². The first-order valence-electron chi connectivity index (χ1n) is 8.15. The Morgan fingerprint density at radius 3 is 2.40 bits per heavy atom. The maximum absolute atomic E-state index is 13.0. The summed E-state index contributed by atoms with van der Waals surface area (Å²) in [5, 5.41) is 0. The lowest BCUT2D eigenvalue weighted by Gasteiger charge is -2.28. The summed E-state index contributed by atoms with van der Waals surface area (Å²) in [5.74, 6) is -0.773. The van der Waals surface area contributed by atoms with E-state index in [0.717, 1.165) is 16.0 Å². The molecule has 4 amide bonds. The van der Waals surface area contributed by atoms with Gasteiger partial charge in [0, 0.05) is 27.2 Å². The minimum atomic E-state index is -0.729. The molecule has 132 valence electrons. The number of likely N-dealkylation sites (N-methyl/N-ethyl adjacent to an activating group) is 2. The van der Waals surface area contributed by atoms with Gasteiger partial charge in [0.15, 0.2) is 0 Å². The van der Waals surface area contributed by atoms with Crippen LogP contribution in [0.25, 0.3) is 5.57 Å². The normalized spacial score (nSPS) is 21.0. The molecular formula is C18H20FN3O3. The summed E-state index contributed by atoms with van der Waals surface area (Å²) in [7, 11) is 2.95. The Morgan fingerprint density at radius 1 is 1.20 bits per heavy atom. The van der Waals surface area contributed by atoms with Crippen LogP contribution >= 0.6 is 0 Å². The Hall–Kier alpha value is -2.70. The summed E-state index contributed by atoms with van der Waals surface area (Å²) in [4.78, 5) is 40.4. The van der Waals surface area contributed by atoms with E-state index in [1.165, 1.54) is 31.1 Å². The van der Waals surface area contributed by atoms with E-state index in [-0.39, 0.29) is 30.1 Å². The van der Waals surface area contributed by atoms with Crippen molar-refractivity contribution in [1.82, 2.24) is 14.7 Å².